The Morgan fingerprint density at radius 3 is 2.77 bits per heavy atom. The molecule has 3 heterocycles. The molecule has 9 heteroatoms. The summed E-state index contributed by atoms with van der Waals surface area (Å²) in [6.07, 6.45) is 4.81. The Hall–Kier alpha value is -2.59. The first kappa shape index (κ1) is 20.3. The number of nitrogens with one attached hydrogen (secondary N) is 1. The molecule has 9 nitrogen and oxygen atoms in total. The summed E-state index contributed by atoms with van der Waals surface area (Å²) in [4.78, 5) is 13.1. The highest BCUT2D eigenvalue weighted by Crippen LogP contribution is 2.32. The molecule has 1 saturated heterocycles. The lowest BCUT2D eigenvalue weighted by atomic mass is 9.97. The van der Waals surface area contributed by atoms with Crippen molar-refractivity contribution in [1.29, 1.82) is 0 Å². The van der Waals surface area contributed by atoms with Crippen molar-refractivity contribution < 1.29 is 20.1 Å². The molecule has 164 valence electrons. The number of anilines is 1. The number of aryl methyl sites for hydroxylation is 1. The van der Waals surface area contributed by atoms with Crippen LogP contribution in [0.2, 0.25) is 0 Å². The molecule has 0 spiro atoms. The topological polar surface area (TPSA) is 126 Å². The monoisotopic (exact) mass is 425 g/mol. The Morgan fingerprint density at radius 2 is 1.94 bits per heavy atom. The summed E-state index contributed by atoms with van der Waals surface area (Å²) in [5, 5.41) is 33.2. The van der Waals surface area contributed by atoms with Gasteiger partial charge in [-0.05, 0) is 42.4 Å². The molecule has 0 radical (unpaired) electrons. The highest BCUT2D eigenvalue weighted by atomic mass is 16.6. The van der Waals surface area contributed by atoms with E-state index in [0.29, 0.717) is 23.5 Å². The lowest BCUT2D eigenvalue weighted by Crippen LogP contribution is -2.33. The number of aromatic nitrogens is 4. The van der Waals surface area contributed by atoms with E-state index in [1.807, 2.05) is 0 Å². The van der Waals surface area contributed by atoms with Crippen LogP contribution in [-0.4, -0.2) is 59.8 Å². The first-order chi connectivity index (χ1) is 15.2. The first-order valence-electron chi connectivity index (χ1n) is 10.8. The molecule has 1 aromatic carbocycles. The fourth-order valence-corrected chi connectivity index (χ4v) is 4.66. The molecule has 0 unspecified atom stereocenters. The number of imidazole rings is 1. The molecule has 31 heavy (non-hydrogen) atoms. The molecule has 2 aliphatic rings. The number of rotatable bonds is 5. The Labute approximate surface area is 179 Å². The highest BCUT2D eigenvalue weighted by molar-refractivity contribution is 5.82. The van der Waals surface area contributed by atoms with E-state index in [0.717, 1.165) is 12.8 Å². The smallest absolute Gasteiger partial charge is 0.167 e. The number of ether oxygens (including phenoxy) is 1. The Morgan fingerprint density at radius 1 is 1.06 bits per heavy atom. The van der Waals surface area contributed by atoms with Gasteiger partial charge in [-0.3, -0.25) is 4.57 Å². The van der Waals surface area contributed by atoms with Gasteiger partial charge in [-0.1, -0.05) is 24.6 Å². The number of aliphatic hydroxyl groups excluding tert-OH is 3. The number of fused-ring (bicyclic) bond motifs is 2. The minimum absolute atomic E-state index is 0.384. The number of benzene rings is 1. The average Bonchev–Trinajstić information content (AvgIpc) is 3.23. The summed E-state index contributed by atoms with van der Waals surface area (Å²) in [5.41, 5.74) is 5.20. The molecule has 5 rings (SSSR count). The predicted molar refractivity (Wildman–Crippen MR) is 113 cm³/mol. The van der Waals surface area contributed by atoms with Crippen molar-refractivity contribution in [1.82, 2.24) is 19.5 Å². The van der Waals surface area contributed by atoms with Crippen molar-refractivity contribution >= 4 is 17.0 Å². The summed E-state index contributed by atoms with van der Waals surface area (Å²) in [6.45, 7) is 0.251. The third kappa shape index (κ3) is 3.67. The van der Waals surface area contributed by atoms with Crippen molar-refractivity contribution in [3.8, 4) is 0 Å². The van der Waals surface area contributed by atoms with Gasteiger partial charge in [-0.25, -0.2) is 15.0 Å². The van der Waals surface area contributed by atoms with Gasteiger partial charge in [0.2, 0.25) is 0 Å². The SMILES string of the molecule is OC[C@H]1O[C@@H](n2cnc3c(NCc4cccc5c4CCCCC5)ncnc32)[C@H](O)[C@@H]1O. The maximum atomic E-state index is 10.4. The maximum absolute atomic E-state index is 10.4. The predicted octanol–water partition coefficient (Wildman–Crippen LogP) is 1.32. The van der Waals surface area contributed by atoms with Gasteiger partial charge >= 0.3 is 0 Å². The highest BCUT2D eigenvalue weighted by Gasteiger charge is 2.44. The molecular formula is C22H27N5O4. The van der Waals surface area contributed by atoms with E-state index in [1.165, 1.54) is 48.6 Å². The zero-order valence-corrected chi connectivity index (χ0v) is 17.2. The van der Waals surface area contributed by atoms with E-state index in [-0.39, 0.29) is 6.61 Å². The summed E-state index contributed by atoms with van der Waals surface area (Å²) in [5.74, 6) is 0.599. The van der Waals surface area contributed by atoms with Crippen LogP contribution in [0.15, 0.2) is 30.9 Å². The standard InChI is InChI=1S/C22H27N5O4/c28-10-16-18(29)19(30)22(31-16)27-12-26-17-20(24-11-25-21(17)27)23-9-14-7-4-6-13-5-2-1-3-8-15(13)14/h4,6-7,11-12,16,18-19,22,28-30H,1-3,5,8-10H2,(H,23,24,25)/t16-,18-,19-,22-/m1/s1. The molecule has 1 aliphatic heterocycles. The van der Waals surface area contributed by atoms with Crippen LogP contribution in [0.1, 0.15) is 42.2 Å². The fourth-order valence-electron chi connectivity index (χ4n) is 4.66. The quantitative estimate of drug-likeness (QED) is 0.451. The third-order valence-corrected chi connectivity index (χ3v) is 6.34. The number of nitrogens with zero attached hydrogens (tertiary/aromatic N) is 4. The summed E-state index contributed by atoms with van der Waals surface area (Å²) >= 11 is 0. The Bertz CT molecular complexity index is 1070. The largest absolute Gasteiger partial charge is 0.394 e. The average molecular weight is 425 g/mol. The van der Waals surface area contributed by atoms with Gasteiger partial charge in [0.1, 0.15) is 24.6 Å². The minimum atomic E-state index is -1.19. The first-order valence-corrected chi connectivity index (χ1v) is 10.8. The zero-order valence-electron chi connectivity index (χ0n) is 17.2. The molecule has 0 bridgehead atoms. The van der Waals surface area contributed by atoms with E-state index in [4.69, 9.17) is 4.74 Å². The van der Waals surface area contributed by atoms with Crippen LogP contribution in [0.4, 0.5) is 5.82 Å². The van der Waals surface area contributed by atoms with Crippen LogP contribution in [-0.2, 0) is 24.1 Å². The van der Waals surface area contributed by atoms with Crippen molar-refractivity contribution in [2.45, 2.75) is 63.2 Å². The summed E-state index contributed by atoms with van der Waals surface area (Å²) in [6, 6.07) is 6.51. The van der Waals surface area contributed by atoms with E-state index in [1.54, 1.807) is 4.57 Å². The Kier molecular flexibility index (Phi) is 5.58. The maximum Gasteiger partial charge on any atom is 0.167 e. The molecule has 4 atom stereocenters. The number of hydrogen-bond donors (Lipinski definition) is 4. The van der Waals surface area contributed by atoms with Gasteiger partial charge in [0, 0.05) is 6.54 Å². The van der Waals surface area contributed by atoms with Gasteiger partial charge in [0.05, 0.1) is 12.9 Å². The molecule has 1 aliphatic carbocycles. The van der Waals surface area contributed by atoms with Crippen molar-refractivity contribution in [2.24, 2.45) is 0 Å². The Balaban J connectivity index is 1.40. The molecule has 2 aromatic heterocycles. The second-order valence-corrected chi connectivity index (χ2v) is 8.24. The summed E-state index contributed by atoms with van der Waals surface area (Å²) < 4.78 is 7.19. The van der Waals surface area contributed by atoms with E-state index in [2.05, 4.69) is 38.5 Å². The van der Waals surface area contributed by atoms with Crippen LogP contribution in [0.25, 0.3) is 11.2 Å². The normalized spacial score (nSPS) is 26.0. The molecule has 4 N–H and O–H groups in total. The van der Waals surface area contributed by atoms with Gasteiger partial charge in [0.15, 0.2) is 23.2 Å². The lowest BCUT2D eigenvalue weighted by molar-refractivity contribution is -0.0511. The van der Waals surface area contributed by atoms with E-state index < -0.39 is 24.5 Å². The van der Waals surface area contributed by atoms with Gasteiger partial charge in [-0.2, -0.15) is 0 Å². The molecule has 0 saturated carbocycles. The molecule has 0 amide bonds. The van der Waals surface area contributed by atoms with Crippen molar-refractivity contribution in [3.63, 3.8) is 0 Å². The van der Waals surface area contributed by atoms with Gasteiger partial charge in [0.25, 0.3) is 0 Å². The van der Waals surface area contributed by atoms with Crippen LogP contribution in [0, 0.1) is 0 Å². The van der Waals surface area contributed by atoms with E-state index >= 15 is 0 Å². The molecular weight excluding hydrogens is 398 g/mol. The van der Waals surface area contributed by atoms with Crippen LogP contribution in [0.5, 0.6) is 0 Å². The van der Waals surface area contributed by atoms with Gasteiger partial charge in [-0.15, -0.1) is 0 Å². The second kappa shape index (κ2) is 8.51. The zero-order chi connectivity index (χ0) is 21.4. The van der Waals surface area contributed by atoms with Crippen LogP contribution >= 0.6 is 0 Å². The minimum Gasteiger partial charge on any atom is -0.394 e. The lowest BCUT2D eigenvalue weighted by Gasteiger charge is -2.16. The second-order valence-electron chi connectivity index (χ2n) is 8.24. The molecule has 3 aromatic rings. The van der Waals surface area contributed by atoms with Crippen LogP contribution < -0.4 is 5.32 Å². The third-order valence-electron chi connectivity index (χ3n) is 6.34. The van der Waals surface area contributed by atoms with Crippen LogP contribution in [0.3, 0.4) is 0 Å². The molecule has 1 fully saturated rings. The summed E-state index contributed by atoms with van der Waals surface area (Å²) in [7, 11) is 0. The van der Waals surface area contributed by atoms with Crippen molar-refractivity contribution in [2.75, 3.05) is 11.9 Å². The fraction of sp³-hybridized carbons (Fsp3) is 0.500. The number of hydrogen-bond acceptors (Lipinski definition) is 8. The van der Waals surface area contributed by atoms with E-state index in [9.17, 15) is 15.3 Å². The van der Waals surface area contributed by atoms with Gasteiger partial charge < -0.3 is 25.4 Å². The van der Waals surface area contributed by atoms with Crippen molar-refractivity contribution in [3.05, 3.63) is 47.5 Å². The number of aliphatic hydroxyl groups is 3.